The third-order valence-electron chi connectivity index (χ3n) is 4.27. The van der Waals surface area contributed by atoms with Crippen molar-refractivity contribution in [1.82, 2.24) is 0 Å². The van der Waals surface area contributed by atoms with Crippen LogP contribution in [0.4, 0.5) is 0 Å². The Morgan fingerprint density at radius 2 is 1.18 bits per heavy atom. The largest absolute Gasteiger partial charge is 0.394 e. The Bertz CT molecular complexity index is 364. The summed E-state index contributed by atoms with van der Waals surface area (Å²) in [6, 6.07) is 0. The van der Waals surface area contributed by atoms with Crippen LogP contribution in [0.2, 0.25) is 0 Å². The molecular formula is C12H22O10. The zero-order chi connectivity index (χ0) is 16.6. The summed E-state index contributed by atoms with van der Waals surface area (Å²) in [6.07, 6.45) is -13.7. The van der Waals surface area contributed by atoms with Crippen molar-refractivity contribution in [2.24, 2.45) is 5.92 Å². The first-order chi connectivity index (χ1) is 10.3. The van der Waals surface area contributed by atoms with Gasteiger partial charge in [-0.15, -0.1) is 0 Å². The van der Waals surface area contributed by atoms with Gasteiger partial charge in [0.2, 0.25) is 0 Å². The van der Waals surface area contributed by atoms with Crippen LogP contribution >= 0.6 is 0 Å². The lowest BCUT2D eigenvalue weighted by Crippen LogP contribution is -2.67. The first-order valence-corrected chi connectivity index (χ1v) is 6.94. The van der Waals surface area contributed by atoms with E-state index >= 15 is 0 Å². The zero-order valence-corrected chi connectivity index (χ0v) is 11.6. The molecule has 10 heteroatoms. The SMILES string of the molecule is OC[C@H]1OC([C@H]2[C@H](O)C(O)[C@@H](O)O[C@@H]2CO)[C@H](O)[C@@H](O)[C@@H]1O. The van der Waals surface area contributed by atoms with Crippen molar-refractivity contribution in [3.8, 4) is 0 Å². The second kappa shape index (κ2) is 7.01. The van der Waals surface area contributed by atoms with E-state index in [1.807, 2.05) is 0 Å². The van der Waals surface area contributed by atoms with Gasteiger partial charge in [-0.25, -0.2) is 0 Å². The maximum Gasteiger partial charge on any atom is 0.183 e. The maximum absolute atomic E-state index is 10.1. The Morgan fingerprint density at radius 1 is 0.591 bits per heavy atom. The van der Waals surface area contributed by atoms with Crippen molar-refractivity contribution >= 4 is 0 Å². The fraction of sp³-hybridized carbons (Fsp3) is 1.00. The van der Waals surface area contributed by atoms with E-state index in [-0.39, 0.29) is 0 Å². The first kappa shape index (κ1) is 17.9. The van der Waals surface area contributed by atoms with E-state index in [9.17, 15) is 35.7 Å². The second-order valence-electron chi connectivity index (χ2n) is 5.60. The topological polar surface area (TPSA) is 180 Å². The van der Waals surface area contributed by atoms with E-state index in [1.54, 1.807) is 0 Å². The molecule has 2 aliphatic rings. The molecule has 2 aliphatic heterocycles. The summed E-state index contributed by atoms with van der Waals surface area (Å²) in [5.74, 6) is -1.20. The van der Waals surface area contributed by atoms with Crippen molar-refractivity contribution < 1.29 is 50.3 Å². The molecule has 0 aliphatic carbocycles. The normalized spacial score (nSPS) is 53.5. The monoisotopic (exact) mass is 326 g/mol. The van der Waals surface area contributed by atoms with E-state index < -0.39 is 74.3 Å². The Labute approximate surface area is 125 Å². The lowest BCUT2D eigenvalue weighted by atomic mass is 9.79. The Hall–Kier alpha value is -0.400. The van der Waals surface area contributed by atoms with Crippen LogP contribution in [0, 0.1) is 5.92 Å². The summed E-state index contributed by atoms with van der Waals surface area (Å²) in [7, 11) is 0. The van der Waals surface area contributed by atoms with Gasteiger partial charge in [0.1, 0.15) is 30.5 Å². The Kier molecular flexibility index (Phi) is 5.72. The molecule has 2 unspecified atom stereocenters. The van der Waals surface area contributed by atoms with Crippen LogP contribution in [0.3, 0.4) is 0 Å². The summed E-state index contributed by atoms with van der Waals surface area (Å²) < 4.78 is 10.3. The summed E-state index contributed by atoms with van der Waals surface area (Å²) in [5.41, 5.74) is 0. The fourth-order valence-electron chi connectivity index (χ4n) is 2.99. The Balaban J connectivity index is 2.26. The van der Waals surface area contributed by atoms with Crippen LogP contribution < -0.4 is 0 Å². The first-order valence-electron chi connectivity index (χ1n) is 6.94. The van der Waals surface area contributed by atoms with Gasteiger partial charge in [0.25, 0.3) is 0 Å². The molecule has 2 saturated heterocycles. The van der Waals surface area contributed by atoms with Gasteiger partial charge in [0.15, 0.2) is 6.29 Å². The van der Waals surface area contributed by atoms with Crippen molar-refractivity contribution in [2.75, 3.05) is 13.2 Å². The molecule has 22 heavy (non-hydrogen) atoms. The quantitative estimate of drug-likeness (QED) is 0.250. The molecule has 0 aromatic carbocycles. The molecule has 2 rings (SSSR count). The average molecular weight is 326 g/mol. The van der Waals surface area contributed by atoms with E-state index in [4.69, 9.17) is 14.6 Å². The minimum atomic E-state index is -1.73. The van der Waals surface area contributed by atoms with Crippen molar-refractivity contribution in [3.05, 3.63) is 0 Å². The summed E-state index contributed by atoms with van der Waals surface area (Å²) in [6.45, 7) is -1.30. The molecule has 2 heterocycles. The van der Waals surface area contributed by atoms with Gasteiger partial charge in [0.05, 0.1) is 31.5 Å². The van der Waals surface area contributed by atoms with Gasteiger partial charge in [-0.3, -0.25) is 0 Å². The number of ether oxygens (including phenoxy) is 2. The fourth-order valence-corrected chi connectivity index (χ4v) is 2.99. The predicted octanol–water partition coefficient (Wildman–Crippen LogP) is -5.12. The number of hydrogen-bond acceptors (Lipinski definition) is 10. The van der Waals surface area contributed by atoms with Gasteiger partial charge < -0.3 is 50.3 Å². The van der Waals surface area contributed by atoms with Gasteiger partial charge >= 0.3 is 0 Å². The van der Waals surface area contributed by atoms with Crippen LogP contribution in [0.15, 0.2) is 0 Å². The van der Waals surface area contributed by atoms with E-state index in [0.717, 1.165) is 0 Å². The molecule has 0 saturated carbocycles. The molecule has 0 spiro atoms. The summed E-state index contributed by atoms with van der Waals surface area (Å²) >= 11 is 0. The lowest BCUT2D eigenvalue weighted by Gasteiger charge is -2.49. The van der Waals surface area contributed by atoms with Crippen LogP contribution in [0.1, 0.15) is 0 Å². The van der Waals surface area contributed by atoms with Gasteiger partial charge in [0, 0.05) is 5.92 Å². The molecular weight excluding hydrogens is 304 g/mol. The minimum absolute atomic E-state index is 0.652. The van der Waals surface area contributed by atoms with Crippen LogP contribution in [-0.4, -0.2) is 109 Å². The average Bonchev–Trinajstić information content (AvgIpc) is 2.51. The molecule has 0 amide bonds. The van der Waals surface area contributed by atoms with E-state index in [1.165, 1.54) is 0 Å². The molecule has 0 radical (unpaired) electrons. The molecule has 130 valence electrons. The molecule has 0 aromatic rings. The standard InChI is InChI=1S/C12H22O10/c13-1-3-5(7(16)10(19)12(20)22-3)11-9(18)8(17)6(15)4(2-14)21-11/h3-20H,1-2H2/t3-,4-,5-,6-,7+,8+,9-,10?,11?,12+/m1/s1. The van der Waals surface area contributed by atoms with Gasteiger partial charge in [-0.2, -0.15) is 0 Å². The van der Waals surface area contributed by atoms with Crippen LogP contribution in [0.5, 0.6) is 0 Å². The van der Waals surface area contributed by atoms with E-state index in [0.29, 0.717) is 0 Å². The highest BCUT2D eigenvalue weighted by Crippen LogP contribution is 2.35. The van der Waals surface area contributed by atoms with Crippen LogP contribution in [-0.2, 0) is 9.47 Å². The summed E-state index contributed by atoms with van der Waals surface area (Å²) in [5, 5.41) is 77.2. The van der Waals surface area contributed by atoms with Gasteiger partial charge in [-0.1, -0.05) is 0 Å². The number of rotatable bonds is 3. The molecule has 10 nitrogen and oxygen atoms in total. The minimum Gasteiger partial charge on any atom is -0.394 e. The summed E-state index contributed by atoms with van der Waals surface area (Å²) in [4.78, 5) is 0. The van der Waals surface area contributed by atoms with Crippen LogP contribution in [0.25, 0.3) is 0 Å². The smallest absolute Gasteiger partial charge is 0.183 e. The van der Waals surface area contributed by atoms with Gasteiger partial charge in [-0.05, 0) is 0 Å². The second-order valence-corrected chi connectivity index (χ2v) is 5.60. The third kappa shape index (κ3) is 2.99. The molecule has 8 N–H and O–H groups in total. The molecule has 10 atom stereocenters. The van der Waals surface area contributed by atoms with Crippen molar-refractivity contribution in [2.45, 2.75) is 55.1 Å². The lowest BCUT2D eigenvalue weighted by molar-refractivity contribution is -0.315. The van der Waals surface area contributed by atoms with E-state index in [2.05, 4.69) is 0 Å². The van der Waals surface area contributed by atoms with Crippen molar-refractivity contribution in [3.63, 3.8) is 0 Å². The van der Waals surface area contributed by atoms with Crippen molar-refractivity contribution in [1.29, 1.82) is 0 Å². The zero-order valence-electron chi connectivity index (χ0n) is 11.6. The molecule has 0 bridgehead atoms. The Morgan fingerprint density at radius 3 is 1.73 bits per heavy atom. The number of hydrogen-bond donors (Lipinski definition) is 8. The molecule has 2 fully saturated rings. The highest BCUT2D eigenvalue weighted by molar-refractivity contribution is 5.01. The third-order valence-corrected chi connectivity index (χ3v) is 4.27. The predicted molar refractivity (Wildman–Crippen MR) is 67.2 cm³/mol. The molecule has 0 aromatic heterocycles. The number of aliphatic hydroxyl groups excluding tert-OH is 8. The number of aliphatic hydroxyl groups is 8. The maximum atomic E-state index is 10.1. The highest BCUT2D eigenvalue weighted by Gasteiger charge is 2.54. The highest BCUT2D eigenvalue weighted by atomic mass is 16.6.